The lowest BCUT2D eigenvalue weighted by molar-refractivity contribution is 0.0712. The minimum atomic E-state index is -0.276. The molecule has 2 amide bonds. The molecule has 0 radical (unpaired) electrons. The fraction of sp³-hybridized carbons (Fsp3) is 0.312. The van der Waals surface area contributed by atoms with E-state index in [9.17, 15) is 9.59 Å². The second kappa shape index (κ2) is 12.7. The predicted molar refractivity (Wildman–Crippen MR) is 160 cm³/mol. The standard InChI is InChI=1S/C32H36N6O3/c1-4-16-38(37-19-15-33-22-37)30-12-9-27(21-34-30)31(39)35-29-20-26(6-5-23(29)2)32(40)36-17-13-25(14-18-36)24-7-10-28(41-3)11-8-24/h5-12,15,19-22,25H,4,13-14,16-18H2,1-3H3,(H,35,39). The number of piperidine rings is 1. The Balaban J connectivity index is 1.22. The summed E-state index contributed by atoms with van der Waals surface area (Å²) in [6, 6.07) is 17.3. The maximum absolute atomic E-state index is 13.4. The van der Waals surface area contributed by atoms with Gasteiger partial charge < -0.3 is 15.0 Å². The number of amides is 2. The van der Waals surface area contributed by atoms with Crippen molar-refractivity contribution < 1.29 is 14.3 Å². The lowest BCUT2D eigenvalue weighted by Crippen LogP contribution is -2.38. The number of carbonyl (C=O) groups excluding carboxylic acids is 2. The van der Waals surface area contributed by atoms with Crippen molar-refractivity contribution >= 4 is 23.3 Å². The summed E-state index contributed by atoms with van der Waals surface area (Å²) in [5, 5.41) is 4.97. The van der Waals surface area contributed by atoms with Gasteiger partial charge in [0.15, 0.2) is 0 Å². The Hall–Kier alpha value is -4.66. The van der Waals surface area contributed by atoms with E-state index < -0.39 is 0 Å². The van der Waals surface area contributed by atoms with Crippen LogP contribution in [0.25, 0.3) is 0 Å². The summed E-state index contributed by atoms with van der Waals surface area (Å²) in [5.74, 6) is 1.70. The number of ether oxygens (including phenoxy) is 1. The van der Waals surface area contributed by atoms with Crippen molar-refractivity contribution in [1.82, 2.24) is 19.5 Å². The van der Waals surface area contributed by atoms with Crippen LogP contribution in [0, 0.1) is 6.92 Å². The summed E-state index contributed by atoms with van der Waals surface area (Å²) < 4.78 is 7.14. The molecule has 1 N–H and O–H groups in total. The van der Waals surface area contributed by atoms with Gasteiger partial charge in [-0.1, -0.05) is 25.1 Å². The number of aromatic nitrogens is 3. The fourth-order valence-electron chi connectivity index (χ4n) is 5.19. The van der Waals surface area contributed by atoms with Gasteiger partial charge in [0, 0.05) is 49.5 Å². The van der Waals surface area contributed by atoms with Crippen molar-refractivity contribution in [3.05, 3.63) is 102 Å². The zero-order chi connectivity index (χ0) is 28.8. The second-order valence-electron chi connectivity index (χ2n) is 10.3. The van der Waals surface area contributed by atoms with Crippen LogP contribution < -0.4 is 15.1 Å². The molecular formula is C32H36N6O3. The van der Waals surface area contributed by atoms with Gasteiger partial charge in [0.25, 0.3) is 11.8 Å². The number of nitrogens with one attached hydrogen (secondary N) is 1. The summed E-state index contributed by atoms with van der Waals surface area (Å²) in [6.07, 6.45) is 9.62. The molecule has 1 fully saturated rings. The van der Waals surface area contributed by atoms with E-state index in [0.717, 1.165) is 42.9 Å². The summed E-state index contributed by atoms with van der Waals surface area (Å²) in [7, 11) is 1.67. The third-order valence-electron chi connectivity index (χ3n) is 7.58. The number of hydrogen-bond acceptors (Lipinski definition) is 6. The SMILES string of the molecule is CCCN(c1ccc(C(=O)Nc2cc(C(=O)N3CCC(c4ccc(OC)cc4)CC3)ccc2C)cn1)n1ccnc1. The largest absolute Gasteiger partial charge is 0.497 e. The normalized spacial score (nSPS) is 13.6. The molecule has 41 heavy (non-hydrogen) atoms. The Morgan fingerprint density at radius 1 is 1.05 bits per heavy atom. The van der Waals surface area contributed by atoms with Gasteiger partial charge in [-0.05, 0) is 79.6 Å². The van der Waals surface area contributed by atoms with E-state index >= 15 is 0 Å². The van der Waals surface area contributed by atoms with Gasteiger partial charge in [-0.25, -0.2) is 14.6 Å². The maximum Gasteiger partial charge on any atom is 0.257 e. The second-order valence-corrected chi connectivity index (χ2v) is 10.3. The van der Waals surface area contributed by atoms with Crippen molar-refractivity contribution in [3.63, 3.8) is 0 Å². The molecule has 2 aromatic carbocycles. The van der Waals surface area contributed by atoms with Gasteiger partial charge in [-0.15, -0.1) is 0 Å². The number of rotatable bonds is 9. The van der Waals surface area contributed by atoms with Crippen LogP contribution in [0.2, 0.25) is 0 Å². The number of aryl methyl sites for hydroxylation is 1. The first kappa shape index (κ1) is 27.9. The van der Waals surface area contributed by atoms with E-state index in [0.29, 0.717) is 35.8 Å². The highest BCUT2D eigenvalue weighted by molar-refractivity contribution is 6.05. The van der Waals surface area contributed by atoms with Crippen molar-refractivity contribution in [1.29, 1.82) is 0 Å². The molecule has 5 rings (SSSR count). The minimum absolute atomic E-state index is 0.0183. The molecule has 1 aliphatic rings. The Bertz CT molecular complexity index is 1460. The Morgan fingerprint density at radius 3 is 2.44 bits per heavy atom. The number of imidazole rings is 1. The lowest BCUT2D eigenvalue weighted by Gasteiger charge is -2.32. The maximum atomic E-state index is 13.4. The topological polar surface area (TPSA) is 92.6 Å². The Kier molecular flexibility index (Phi) is 8.62. The van der Waals surface area contributed by atoms with Crippen LogP contribution in [-0.2, 0) is 0 Å². The molecule has 0 aliphatic carbocycles. The van der Waals surface area contributed by atoms with Gasteiger partial charge in [-0.3, -0.25) is 14.6 Å². The average molecular weight is 553 g/mol. The van der Waals surface area contributed by atoms with Crippen LogP contribution in [-0.4, -0.2) is 58.1 Å². The number of nitrogens with zero attached hydrogens (tertiary/aromatic N) is 5. The molecule has 1 aliphatic heterocycles. The Morgan fingerprint density at radius 2 is 1.80 bits per heavy atom. The number of benzene rings is 2. The quantitative estimate of drug-likeness (QED) is 0.293. The number of hydrogen-bond donors (Lipinski definition) is 1. The van der Waals surface area contributed by atoms with E-state index in [2.05, 4.69) is 34.3 Å². The van der Waals surface area contributed by atoms with Gasteiger partial charge in [0.05, 0.1) is 12.7 Å². The number of methoxy groups -OCH3 is 1. The van der Waals surface area contributed by atoms with E-state index in [4.69, 9.17) is 4.74 Å². The van der Waals surface area contributed by atoms with Crippen molar-refractivity contribution in [2.24, 2.45) is 0 Å². The summed E-state index contributed by atoms with van der Waals surface area (Å²) in [4.78, 5) is 37.0. The van der Waals surface area contributed by atoms with Gasteiger partial charge in [0.2, 0.25) is 0 Å². The highest BCUT2D eigenvalue weighted by atomic mass is 16.5. The van der Waals surface area contributed by atoms with E-state index in [-0.39, 0.29) is 11.8 Å². The summed E-state index contributed by atoms with van der Waals surface area (Å²) >= 11 is 0. The zero-order valence-corrected chi connectivity index (χ0v) is 23.8. The van der Waals surface area contributed by atoms with E-state index in [1.165, 1.54) is 5.56 Å². The molecular weight excluding hydrogens is 516 g/mol. The number of pyridine rings is 1. The first-order valence-corrected chi connectivity index (χ1v) is 14.0. The van der Waals surface area contributed by atoms with Crippen LogP contribution in [0.1, 0.15) is 63.9 Å². The molecule has 9 nitrogen and oxygen atoms in total. The first-order chi connectivity index (χ1) is 20.0. The molecule has 0 saturated carbocycles. The molecule has 2 aromatic heterocycles. The van der Waals surface area contributed by atoms with E-state index in [1.54, 1.807) is 38.0 Å². The van der Waals surface area contributed by atoms with Crippen LogP contribution in [0.15, 0.2) is 79.5 Å². The zero-order valence-electron chi connectivity index (χ0n) is 23.8. The van der Waals surface area contributed by atoms with Gasteiger partial charge in [-0.2, -0.15) is 0 Å². The van der Waals surface area contributed by atoms with Crippen molar-refractivity contribution in [2.75, 3.05) is 37.1 Å². The monoisotopic (exact) mass is 552 g/mol. The van der Waals surface area contributed by atoms with Gasteiger partial charge in [0.1, 0.15) is 17.9 Å². The van der Waals surface area contributed by atoms with Crippen LogP contribution in [0.5, 0.6) is 5.75 Å². The number of likely N-dealkylation sites (tertiary alicyclic amines) is 1. The molecule has 0 spiro atoms. The summed E-state index contributed by atoms with van der Waals surface area (Å²) in [5.41, 5.74) is 3.78. The molecule has 0 unspecified atom stereocenters. The van der Waals surface area contributed by atoms with E-state index in [1.807, 2.05) is 58.0 Å². The van der Waals surface area contributed by atoms with Crippen molar-refractivity contribution in [2.45, 2.75) is 39.0 Å². The molecule has 212 valence electrons. The number of carbonyl (C=O) groups is 2. The molecule has 1 saturated heterocycles. The fourth-order valence-corrected chi connectivity index (χ4v) is 5.19. The Labute approximate surface area is 240 Å². The highest BCUT2D eigenvalue weighted by Gasteiger charge is 2.25. The third-order valence-corrected chi connectivity index (χ3v) is 7.58. The smallest absolute Gasteiger partial charge is 0.257 e. The van der Waals surface area contributed by atoms with Gasteiger partial charge >= 0.3 is 0 Å². The molecule has 4 aromatic rings. The molecule has 9 heteroatoms. The average Bonchev–Trinajstić information content (AvgIpc) is 3.56. The molecule has 0 bridgehead atoms. The first-order valence-electron chi connectivity index (χ1n) is 14.0. The molecule has 0 atom stereocenters. The number of anilines is 2. The summed E-state index contributed by atoms with van der Waals surface area (Å²) in [6.45, 7) is 6.15. The predicted octanol–water partition coefficient (Wildman–Crippen LogP) is 5.55. The highest BCUT2D eigenvalue weighted by Crippen LogP contribution is 2.30. The van der Waals surface area contributed by atoms with Crippen LogP contribution in [0.4, 0.5) is 11.5 Å². The van der Waals surface area contributed by atoms with Crippen molar-refractivity contribution in [3.8, 4) is 5.75 Å². The minimum Gasteiger partial charge on any atom is -0.497 e. The lowest BCUT2D eigenvalue weighted by atomic mass is 9.89. The van der Waals surface area contributed by atoms with Crippen LogP contribution in [0.3, 0.4) is 0 Å². The van der Waals surface area contributed by atoms with Crippen LogP contribution >= 0.6 is 0 Å². The third kappa shape index (κ3) is 6.40. The molecule has 3 heterocycles.